The first-order valence-electron chi connectivity index (χ1n) is 13.4. The molecule has 0 amide bonds. The predicted molar refractivity (Wildman–Crippen MR) is 152 cm³/mol. The molecule has 1 aliphatic heterocycles. The molecule has 194 valence electrons. The number of piperidine rings is 1. The van der Waals surface area contributed by atoms with E-state index >= 15 is 0 Å². The van der Waals surface area contributed by atoms with Crippen LogP contribution in [0.4, 0.5) is 11.5 Å². The van der Waals surface area contributed by atoms with Crippen LogP contribution >= 0.6 is 0 Å². The van der Waals surface area contributed by atoms with Gasteiger partial charge in [0.25, 0.3) is 0 Å². The highest BCUT2D eigenvalue weighted by atomic mass is 16.5. The summed E-state index contributed by atoms with van der Waals surface area (Å²) in [5.41, 5.74) is 4.99. The maximum absolute atomic E-state index is 9.39. The number of fused-ring (bicyclic) bond motifs is 2. The number of anilines is 2. The molecular formula is C32H29N5O2. The summed E-state index contributed by atoms with van der Waals surface area (Å²) in [6.07, 6.45) is 3.53. The Labute approximate surface area is 227 Å². The lowest BCUT2D eigenvalue weighted by molar-refractivity contribution is 0.216. The second kappa shape index (κ2) is 10.1. The molecule has 7 nitrogen and oxygen atoms in total. The lowest BCUT2D eigenvalue weighted by atomic mass is 10.0. The molecule has 7 rings (SSSR count). The molecule has 1 saturated carbocycles. The van der Waals surface area contributed by atoms with E-state index in [1.807, 2.05) is 66.9 Å². The molecule has 1 saturated heterocycles. The molecule has 0 spiro atoms. The minimum absolute atomic E-state index is 0.333. The zero-order valence-corrected chi connectivity index (χ0v) is 21.4. The lowest BCUT2D eigenvalue weighted by Crippen LogP contribution is -2.25. The first kappa shape index (κ1) is 23.8. The number of nitrogens with zero attached hydrogens (tertiary/aromatic N) is 4. The molecule has 2 N–H and O–H groups in total. The number of hydrogen-bond donors (Lipinski definition) is 2. The van der Waals surface area contributed by atoms with Crippen LogP contribution in [0.1, 0.15) is 5.69 Å². The zero-order chi connectivity index (χ0) is 26.2. The van der Waals surface area contributed by atoms with Crippen molar-refractivity contribution in [3.63, 3.8) is 0 Å². The SMILES string of the molecule is OCC1C2CN(Cc3ccc(-c4ccc5ncnc(Nc6ccc(Oc7ccccc7)cc6)c5c4)cn3)CC12. The van der Waals surface area contributed by atoms with Gasteiger partial charge in [0.1, 0.15) is 23.6 Å². The Morgan fingerprint density at radius 2 is 1.59 bits per heavy atom. The second-order valence-electron chi connectivity index (χ2n) is 10.4. The molecular weight excluding hydrogens is 486 g/mol. The van der Waals surface area contributed by atoms with E-state index in [1.54, 1.807) is 6.33 Å². The van der Waals surface area contributed by atoms with E-state index in [0.717, 1.165) is 70.4 Å². The summed E-state index contributed by atoms with van der Waals surface area (Å²) in [4.78, 5) is 16.2. The number of ether oxygens (including phenoxy) is 1. The number of benzene rings is 3. The standard InChI is InChI=1S/C32H29N5O2/c38-19-30-28-17-37(18-29(28)30)16-24-8-6-22(15-33-24)21-7-13-31-27(14-21)32(35-20-34-31)36-23-9-11-26(12-10-23)39-25-4-2-1-3-5-25/h1-15,20,28-30,38H,16-19H2,(H,34,35,36). The molecule has 1 aliphatic carbocycles. The summed E-state index contributed by atoms with van der Waals surface area (Å²) in [5, 5.41) is 13.8. The van der Waals surface area contributed by atoms with E-state index in [2.05, 4.69) is 44.5 Å². The molecule has 7 heteroatoms. The van der Waals surface area contributed by atoms with Crippen LogP contribution in [0.3, 0.4) is 0 Å². The molecule has 3 heterocycles. The highest BCUT2D eigenvalue weighted by Gasteiger charge is 2.54. The number of aliphatic hydroxyl groups excluding tert-OH is 1. The average molecular weight is 516 g/mol. The van der Waals surface area contributed by atoms with Crippen LogP contribution in [0.5, 0.6) is 11.5 Å². The third kappa shape index (κ3) is 4.94. The summed E-state index contributed by atoms with van der Waals surface area (Å²) in [6, 6.07) is 28.0. The maximum Gasteiger partial charge on any atom is 0.141 e. The van der Waals surface area contributed by atoms with Crippen LogP contribution in [0.2, 0.25) is 0 Å². The average Bonchev–Trinajstić information content (AvgIpc) is 3.46. The Morgan fingerprint density at radius 3 is 2.33 bits per heavy atom. The Kier molecular flexibility index (Phi) is 6.15. The minimum atomic E-state index is 0.333. The molecule has 2 unspecified atom stereocenters. The van der Waals surface area contributed by atoms with Crippen molar-refractivity contribution in [1.29, 1.82) is 0 Å². The molecule has 2 fully saturated rings. The van der Waals surface area contributed by atoms with E-state index < -0.39 is 0 Å². The number of pyridine rings is 1. The smallest absolute Gasteiger partial charge is 0.141 e. The van der Waals surface area contributed by atoms with E-state index in [0.29, 0.717) is 24.4 Å². The highest BCUT2D eigenvalue weighted by Crippen LogP contribution is 2.51. The Morgan fingerprint density at radius 1 is 0.821 bits per heavy atom. The van der Waals surface area contributed by atoms with Gasteiger partial charge in [-0.25, -0.2) is 9.97 Å². The van der Waals surface area contributed by atoms with Gasteiger partial charge in [-0.05, 0) is 77.9 Å². The lowest BCUT2D eigenvalue weighted by Gasteiger charge is -2.18. The van der Waals surface area contributed by atoms with E-state index in [1.165, 1.54) is 0 Å². The summed E-state index contributed by atoms with van der Waals surface area (Å²) in [5.74, 6) is 4.21. The monoisotopic (exact) mass is 515 g/mol. The van der Waals surface area contributed by atoms with Crippen molar-refractivity contribution < 1.29 is 9.84 Å². The van der Waals surface area contributed by atoms with Gasteiger partial charge in [-0.3, -0.25) is 9.88 Å². The van der Waals surface area contributed by atoms with Crippen LogP contribution < -0.4 is 10.1 Å². The fraction of sp³-hybridized carbons (Fsp3) is 0.219. The predicted octanol–water partition coefficient (Wildman–Crippen LogP) is 5.90. The van der Waals surface area contributed by atoms with Crippen LogP contribution in [0.15, 0.2) is 97.5 Å². The van der Waals surface area contributed by atoms with Gasteiger partial charge in [0.05, 0.1) is 11.2 Å². The van der Waals surface area contributed by atoms with Crippen molar-refractivity contribution >= 4 is 22.4 Å². The van der Waals surface area contributed by atoms with Gasteiger partial charge < -0.3 is 15.2 Å². The van der Waals surface area contributed by atoms with Gasteiger partial charge in [0.2, 0.25) is 0 Å². The van der Waals surface area contributed by atoms with Gasteiger partial charge in [-0.15, -0.1) is 0 Å². The largest absolute Gasteiger partial charge is 0.457 e. The molecule has 3 aromatic carbocycles. The van der Waals surface area contributed by atoms with Gasteiger partial charge >= 0.3 is 0 Å². The molecule has 2 atom stereocenters. The van der Waals surface area contributed by atoms with Crippen molar-refractivity contribution in [1.82, 2.24) is 19.9 Å². The number of nitrogens with one attached hydrogen (secondary N) is 1. The van der Waals surface area contributed by atoms with E-state index in [-0.39, 0.29) is 0 Å². The highest BCUT2D eigenvalue weighted by molar-refractivity contribution is 5.93. The maximum atomic E-state index is 9.39. The first-order valence-corrected chi connectivity index (χ1v) is 13.4. The molecule has 2 aromatic heterocycles. The summed E-state index contributed by atoms with van der Waals surface area (Å²) >= 11 is 0. The fourth-order valence-electron chi connectivity index (χ4n) is 5.76. The number of aromatic nitrogens is 3. The second-order valence-corrected chi connectivity index (χ2v) is 10.4. The molecule has 0 bridgehead atoms. The van der Waals surface area contributed by atoms with Crippen LogP contribution in [0, 0.1) is 17.8 Å². The quantitative estimate of drug-likeness (QED) is 0.266. The van der Waals surface area contributed by atoms with Gasteiger partial charge in [0, 0.05) is 49.1 Å². The summed E-state index contributed by atoms with van der Waals surface area (Å²) < 4.78 is 5.91. The van der Waals surface area contributed by atoms with Gasteiger partial charge in [-0.2, -0.15) is 0 Å². The number of para-hydroxylation sites is 1. The molecule has 39 heavy (non-hydrogen) atoms. The van der Waals surface area contributed by atoms with Crippen molar-refractivity contribution in [3.05, 3.63) is 103 Å². The Bertz CT molecular complexity index is 1580. The van der Waals surface area contributed by atoms with Crippen molar-refractivity contribution in [2.24, 2.45) is 17.8 Å². The zero-order valence-electron chi connectivity index (χ0n) is 21.4. The number of aliphatic hydroxyl groups is 1. The topological polar surface area (TPSA) is 83.4 Å². The van der Waals surface area contributed by atoms with Crippen LogP contribution in [-0.2, 0) is 6.54 Å². The van der Waals surface area contributed by atoms with E-state index in [4.69, 9.17) is 9.72 Å². The normalized spacial score (nSPS) is 20.1. The van der Waals surface area contributed by atoms with Crippen molar-refractivity contribution in [3.8, 4) is 22.6 Å². The van der Waals surface area contributed by atoms with Crippen LogP contribution in [-0.4, -0.2) is 44.7 Å². The number of likely N-dealkylation sites (tertiary alicyclic amines) is 1. The van der Waals surface area contributed by atoms with E-state index in [9.17, 15) is 5.11 Å². The third-order valence-corrected chi connectivity index (χ3v) is 7.93. The van der Waals surface area contributed by atoms with Crippen molar-refractivity contribution in [2.45, 2.75) is 6.54 Å². The fourth-order valence-corrected chi connectivity index (χ4v) is 5.76. The summed E-state index contributed by atoms with van der Waals surface area (Å²) in [6.45, 7) is 3.34. The molecule has 5 aromatic rings. The molecule has 0 radical (unpaired) electrons. The Hall–Kier alpha value is -4.33. The van der Waals surface area contributed by atoms with Crippen LogP contribution in [0.25, 0.3) is 22.0 Å². The number of rotatable bonds is 8. The minimum Gasteiger partial charge on any atom is -0.457 e. The van der Waals surface area contributed by atoms with Crippen molar-refractivity contribution in [2.75, 3.05) is 25.0 Å². The van der Waals surface area contributed by atoms with Gasteiger partial charge in [-0.1, -0.05) is 30.3 Å². The Balaban J connectivity index is 1.06. The van der Waals surface area contributed by atoms with Gasteiger partial charge in [0.15, 0.2) is 0 Å². The number of hydrogen-bond acceptors (Lipinski definition) is 7. The molecule has 2 aliphatic rings. The third-order valence-electron chi connectivity index (χ3n) is 7.93. The summed E-state index contributed by atoms with van der Waals surface area (Å²) in [7, 11) is 0. The first-order chi connectivity index (χ1) is 19.2.